The first-order valence-electron chi connectivity index (χ1n) is 9.69. The van der Waals surface area contributed by atoms with Crippen LogP contribution in [0.15, 0.2) is 29.4 Å². The summed E-state index contributed by atoms with van der Waals surface area (Å²) in [6.45, 7) is 4.69. The van der Waals surface area contributed by atoms with E-state index in [1.807, 2.05) is 13.8 Å². The van der Waals surface area contributed by atoms with Crippen molar-refractivity contribution in [2.45, 2.75) is 43.8 Å². The number of ether oxygens (including phenoxy) is 1. The Kier molecular flexibility index (Phi) is 6.42. The molecule has 0 bridgehead atoms. The molecule has 166 valence electrons. The van der Waals surface area contributed by atoms with Crippen molar-refractivity contribution in [2.75, 3.05) is 19.7 Å². The van der Waals surface area contributed by atoms with Crippen LogP contribution in [0.4, 0.5) is 13.2 Å². The first-order chi connectivity index (χ1) is 14.0. The molecule has 2 aromatic heterocycles. The van der Waals surface area contributed by atoms with Crippen LogP contribution in [-0.4, -0.2) is 47.0 Å². The zero-order valence-electron chi connectivity index (χ0n) is 17.1. The van der Waals surface area contributed by atoms with E-state index in [-0.39, 0.29) is 29.3 Å². The van der Waals surface area contributed by atoms with Gasteiger partial charge in [-0.25, -0.2) is 18.4 Å². The van der Waals surface area contributed by atoms with E-state index >= 15 is 0 Å². The highest BCUT2D eigenvalue weighted by molar-refractivity contribution is 7.89. The quantitative estimate of drug-likeness (QED) is 0.679. The molecule has 1 aliphatic heterocycles. The van der Waals surface area contributed by atoms with Crippen molar-refractivity contribution in [1.82, 2.24) is 18.8 Å². The third kappa shape index (κ3) is 4.94. The van der Waals surface area contributed by atoms with Crippen molar-refractivity contribution in [3.63, 3.8) is 0 Å². The lowest BCUT2D eigenvalue weighted by molar-refractivity contribution is -0.141. The van der Waals surface area contributed by atoms with E-state index in [2.05, 4.69) is 9.97 Å². The highest BCUT2D eigenvalue weighted by Gasteiger charge is 2.34. The predicted octanol–water partition coefficient (Wildman–Crippen LogP) is 3.44. The summed E-state index contributed by atoms with van der Waals surface area (Å²) in [5.74, 6) is 0.745. The Morgan fingerprint density at radius 1 is 1.20 bits per heavy atom. The number of imidazole rings is 1. The molecule has 7 nitrogen and oxygen atoms in total. The first kappa shape index (κ1) is 22.5. The van der Waals surface area contributed by atoms with E-state index in [1.165, 1.54) is 22.6 Å². The number of piperidine rings is 1. The molecule has 3 heterocycles. The normalized spacial score (nSPS) is 16.9. The molecular weight excluding hydrogens is 421 g/mol. The Morgan fingerprint density at radius 3 is 2.43 bits per heavy atom. The molecule has 0 aromatic carbocycles. The van der Waals surface area contributed by atoms with Crippen LogP contribution in [0.3, 0.4) is 0 Å². The van der Waals surface area contributed by atoms with Gasteiger partial charge in [-0.3, -0.25) is 0 Å². The molecule has 0 saturated carbocycles. The van der Waals surface area contributed by atoms with Gasteiger partial charge in [0.15, 0.2) is 5.03 Å². The van der Waals surface area contributed by atoms with E-state index in [4.69, 9.17) is 4.74 Å². The number of sulfonamides is 1. The Morgan fingerprint density at radius 2 is 1.87 bits per heavy atom. The third-order valence-corrected chi connectivity index (χ3v) is 6.84. The summed E-state index contributed by atoms with van der Waals surface area (Å²) in [5.41, 5.74) is -1.00. The third-order valence-electron chi connectivity index (χ3n) is 5.07. The summed E-state index contributed by atoms with van der Waals surface area (Å²) in [6, 6.07) is 3.51. The summed E-state index contributed by atoms with van der Waals surface area (Å²) in [4.78, 5) is 7.77. The van der Waals surface area contributed by atoms with Crippen LogP contribution >= 0.6 is 0 Å². The van der Waals surface area contributed by atoms with Crippen molar-refractivity contribution in [3.05, 3.63) is 35.9 Å². The van der Waals surface area contributed by atoms with Gasteiger partial charge >= 0.3 is 6.18 Å². The lowest BCUT2D eigenvalue weighted by Gasteiger charge is -2.30. The number of nitrogens with zero attached hydrogens (tertiary/aromatic N) is 4. The molecule has 0 aliphatic carbocycles. The summed E-state index contributed by atoms with van der Waals surface area (Å²) >= 11 is 0. The Bertz CT molecular complexity index is 981. The number of hydrogen-bond acceptors (Lipinski definition) is 5. The maximum absolute atomic E-state index is 12.9. The number of aryl methyl sites for hydroxylation is 1. The molecule has 1 fully saturated rings. The minimum Gasteiger partial charge on any atom is -0.477 e. The summed E-state index contributed by atoms with van der Waals surface area (Å²) in [6.07, 6.45) is -1.91. The van der Waals surface area contributed by atoms with Gasteiger partial charge in [0.25, 0.3) is 10.0 Å². The fourth-order valence-corrected chi connectivity index (χ4v) is 4.87. The highest BCUT2D eigenvalue weighted by Crippen LogP contribution is 2.29. The minimum absolute atomic E-state index is 0.0303. The fraction of sp³-hybridized carbons (Fsp3) is 0.579. The van der Waals surface area contributed by atoms with Gasteiger partial charge in [-0.2, -0.15) is 17.5 Å². The maximum atomic E-state index is 12.9. The van der Waals surface area contributed by atoms with E-state index in [0.717, 1.165) is 6.07 Å². The van der Waals surface area contributed by atoms with Gasteiger partial charge in [-0.15, -0.1) is 0 Å². The fourth-order valence-electron chi connectivity index (χ4n) is 3.42. The molecule has 0 radical (unpaired) electrons. The lowest BCUT2D eigenvalue weighted by Crippen LogP contribution is -2.39. The minimum atomic E-state index is -4.53. The standard InChI is InChI=1S/C19H25F3N4O3S/c1-13(2)18-24-17(11-25(18)3)30(27,28)26-9-7-14(8-10-26)12-29-16-6-4-5-15(23-16)19(20,21)22/h4-6,11,13-14H,7-10,12H2,1-3H3. The SMILES string of the molecule is CC(C)c1nc(S(=O)(=O)N2CCC(COc3cccc(C(F)(F)F)n3)CC2)cn1C. The molecular formula is C19H25F3N4O3S. The van der Waals surface area contributed by atoms with E-state index in [1.54, 1.807) is 11.6 Å². The summed E-state index contributed by atoms with van der Waals surface area (Å²) in [5, 5.41) is 0.0385. The second kappa shape index (κ2) is 8.54. The van der Waals surface area contributed by atoms with Crippen LogP contribution in [0.25, 0.3) is 0 Å². The van der Waals surface area contributed by atoms with Crippen molar-refractivity contribution in [3.8, 4) is 5.88 Å². The van der Waals surface area contributed by atoms with Crippen LogP contribution in [0, 0.1) is 5.92 Å². The zero-order chi connectivity index (χ0) is 22.1. The van der Waals surface area contributed by atoms with Crippen LogP contribution in [0.5, 0.6) is 5.88 Å². The molecule has 30 heavy (non-hydrogen) atoms. The summed E-state index contributed by atoms with van der Waals surface area (Å²) < 4.78 is 72.6. The van der Waals surface area contributed by atoms with Crippen LogP contribution < -0.4 is 4.74 Å². The monoisotopic (exact) mass is 446 g/mol. The van der Waals surface area contributed by atoms with Gasteiger partial charge in [-0.1, -0.05) is 19.9 Å². The molecule has 0 N–H and O–H groups in total. The van der Waals surface area contributed by atoms with E-state index in [9.17, 15) is 21.6 Å². The molecule has 2 aromatic rings. The van der Waals surface area contributed by atoms with Gasteiger partial charge < -0.3 is 9.30 Å². The van der Waals surface area contributed by atoms with Gasteiger partial charge in [0, 0.05) is 38.3 Å². The van der Waals surface area contributed by atoms with Crippen LogP contribution in [0.2, 0.25) is 0 Å². The van der Waals surface area contributed by atoms with Crippen LogP contribution in [-0.2, 0) is 23.2 Å². The summed E-state index contributed by atoms with van der Waals surface area (Å²) in [7, 11) is -1.92. The topological polar surface area (TPSA) is 77.3 Å². The van der Waals surface area contributed by atoms with Crippen molar-refractivity contribution >= 4 is 10.0 Å². The molecule has 1 saturated heterocycles. The Balaban J connectivity index is 1.58. The second-order valence-electron chi connectivity index (χ2n) is 7.72. The zero-order valence-corrected chi connectivity index (χ0v) is 17.9. The lowest BCUT2D eigenvalue weighted by atomic mass is 9.99. The average molecular weight is 446 g/mol. The number of halogens is 3. The van der Waals surface area contributed by atoms with Gasteiger partial charge in [0.05, 0.1) is 6.61 Å². The number of alkyl halides is 3. The number of aromatic nitrogens is 3. The molecule has 11 heteroatoms. The molecule has 0 unspecified atom stereocenters. The Hall–Kier alpha value is -2.14. The van der Waals surface area contributed by atoms with Crippen molar-refractivity contribution in [1.29, 1.82) is 0 Å². The smallest absolute Gasteiger partial charge is 0.433 e. The van der Waals surface area contributed by atoms with Crippen molar-refractivity contribution in [2.24, 2.45) is 13.0 Å². The average Bonchev–Trinajstić information content (AvgIpc) is 3.09. The largest absolute Gasteiger partial charge is 0.477 e. The van der Waals surface area contributed by atoms with Crippen LogP contribution in [0.1, 0.15) is 44.1 Å². The van der Waals surface area contributed by atoms with Crippen molar-refractivity contribution < 1.29 is 26.3 Å². The first-order valence-corrected chi connectivity index (χ1v) is 11.1. The van der Waals surface area contributed by atoms with E-state index < -0.39 is 21.9 Å². The molecule has 1 aliphatic rings. The van der Waals surface area contributed by atoms with Gasteiger partial charge in [0.1, 0.15) is 11.5 Å². The molecule has 3 rings (SSSR count). The Labute approximate surface area is 173 Å². The predicted molar refractivity (Wildman–Crippen MR) is 104 cm³/mol. The number of hydrogen-bond donors (Lipinski definition) is 0. The second-order valence-corrected chi connectivity index (χ2v) is 9.61. The number of pyridine rings is 1. The molecule has 0 spiro atoms. The maximum Gasteiger partial charge on any atom is 0.433 e. The van der Waals surface area contributed by atoms with E-state index in [0.29, 0.717) is 31.8 Å². The van der Waals surface area contributed by atoms with Gasteiger partial charge in [0.2, 0.25) is 5.88 Å². The highest BCUT2D eigenvalue weighted by atomic mass is 32.2. The molecule has 0 amide bonds. The number of rotatable bonds is 6. The van der Waals surface area contributed by atoms with Gasteiger partial charge in [-0.05, 0) is 24.8 Å². The molecule has 0 atom stereocenters.